The Kier molecular flexibility index (Phi) is 6.20. The van der Waals surface area contributed by atoms with E-state index in [9.17, 15) is 9.59 Å². The van der Waals surface area contributed by atoms with Crippen molar-refractivity contribution >= 4 is 34.9 Å². The number of rotatable bonds is 5. The Hall–Kier alpha value is -3.04. The number of nitrogens with zero attached hydrogens (tertiary/aromatic N) is 1. The van der Waals surface area contributed by atoms with Crippen LogP contribution in [0.3, 0.4) is 0 Å². The molecule has 0 aliphatic carbocycles. The SMILES string of the molecule is Cc1nc(CSc2ccc(C(=O)NNC(=O)c3ccc4c(c3)OCCO4)cc2)cs1. The van der Waals surface area contributed by atoms with Gasteiger partial charge < -0.3 is 9.47 Å². The van der Waals surface area contributed by atoms with Crippen molar-refractivity contribution in [3.63, 3.8) is 0 Å². The second-order valence-corrected chi connectivity index (χ2v) is 8.55. The molecule has 30 heavy (non-hydrogen) atoms. The predicted molar refractivity (Wildman–Crippen MR) is 115 cm³/mol. The number of fused-ring (bicyclic) bond motifs is 1. The molecule has 2 N–H and O–H groups in total. The van der Waals surface area contributed by atoms with E-state index in [2.05, 4.69) is 21.2 Å². The van der Waals surface area contributed by atoms with Gasteiger partial charge in [0.05, 0.1) is 10.7 Å². The highest BCUT2D eigenvalue weighted by Gasteiger charge is 2.15. The molecule has 2 heterocycles. The molecule has 4 rings (SSSR count). The molecule has 0 bridgehead atoms. The largest absolute Gasteiger partial charge is 0.486 e. The molecule has 0 spiro atoms. The molecule has 2 amide bonds. The lowest BCUT2D eigenvalue weighted by Crippen LogP contribution is -2.41. The molecule has 2 aromatic carbocycles. The van der Waals surface area contributed by atoms with Gasteiger partial charge in [0.1, 0.15) is 13.2 Å². The zero-order chi connectivity index (χ0) is 20.9. The number of hydrogen-bond acceptors (Lipinski definition) is 7. The van der Waals surface area contributed by atoms with Crippen molar-refractivity contribution in [3.05, 3.63) is 69.7 Å². The minimum atomic E-state index is -0.439. The molecule has 1 aliphatic rings. The maximum atomic E-state index is 12.3. The Bertz CT molecular complexity index is 1070. The molecule has 0 saturated carbocycles. The molecule has 0 radical (unpaired) electrons. The fourth-order valence-electron chi connectivity index (χ4n) is 2.78. The molecular weight excluding hydrogens is 422 g/mol. The predicted octanol–water partition coefficient (Wildman–Crippen LogP) is 3.59. The van der Waals surface area contributed by atoms with Crippen LogP contribution >= 0.6 is 23.1 Å². The zero-order valence-electron chi connectivity index (χ0n) is 16.1. The summed E-state index contributed by atoms with van der Waals surface area (Å²) in [5, 5.41) is 3.10. The van der Waals surface area contributed by atoms with Crippen LogP contribution in [0.15, 0.2) is 52.7 Å². The fourth-order valence-corrected chi connectivity index (χ4v) is 4.29. The number of thiazole rings is 1. The van der Waals surface area contributed by atoms with Crippen LogP contribution in [0.5, 0.6) is 11.5 Å². The third-order valence-corrected chi connectivity index (χ3v) is 6.13. The lowest BCUT2D eigenvalue weighted by molar-refractivity contribution is 0.0846. The highest BCUT2D eigenvalue weighted by molar-refractivity contribution is 7.98. The fraction of sp³-hybridized carbons (Fsp3) is 0.190. The first-order valence-electron chi connectivity index (χ1n) is 9.23. The number of amides is 2. The summed E-state index contributed by atoms with van der Waals surface area (Å²) < 4.78 is 10.9. The van der Waals surface area contributed by atoms with Gasteiger partial charge in [-0.25, -0.2) is 4.98 Å². The van der Waals surface area contributed by atoms with E-state index in [1.165, 1.54) is 0 Å². The number of hydrazine groups is 1. The standard InChI is InChI=1S/C21H19N3O4S2/c1-13-22-16(11-29-13)12-30-17-5-2-14(3-6-17)20(25)23-24-21(26)15-4-7-18-19(10-15)28-9-8-27-18/h2-7,10-11H,8-9,12H2,1H3,(H,23,25)(H,24,26). The third kappa shape index (κ3) is 4.92. The first kappa shape index (κ1) is 20.2. The van der Waals surface area contributed by atoms with Gasteiger partial charge in [-0.15, -0.1) is 23.1 Å². The van der Waals surface area contributed by atoms with Crippen LogP contribution in [0.2, 0.25) is 0 Å². The van der Waals surface area contributed by atoms with Crippen LogP contribution in [-0.4, -0.2) is 30.0 Å². The van der Waals surface area contributed by atoms with E-state index in [0.29, 0.717) is 35.8 Å². The van der Waals surface area contributed by atoms with E-state index in [0.717, 1.165) is 21.3 Å². The minimum Gasteiger partial charge on any atom is -0.486 e. The van der Waals surface area contributed by atoms with Crippen LogP contribution < -0.4 is 20.3 Å². The summed E-state index contributed by atoms with van der Waals surface area (Å²) >= 11 is 3.29. The monoisotopic (exact) mass is 441 g/mol. The average molecular weight is 442 g/mol. The Morgan fingerprint density at radius 1 is 1.00 bits per heavy atom. The first-order valence-corrected chi connectivity index (χ1v) is 11.1. The molecule has 0 unspecified atom stereocenters. The van der Waals surface area contributed by atoms with E-state index in [1.807, 2.05) is 19.1 Å². The summed E-state index contributed by atoms with van der Waals surface area (Å²) in [5.74, 6) is 1.06. The Labute approximate surface area is 181 Å². The number of ether oxygens (including phenoxy) is 2. The highest BCUT2D eigenvalue weighted by Crippen LogP contribution is 2.30. The third-order valence-electron chi connectivity index (χ3n) is 4.26. The summed E-state index contributed by atoms with van der Waals surface area (Å²) in [4.78, 5) is 30.1. The Balaban J connectivity index is 1.29. The van der Waals surface area contributed by atoms with Crippen molar-refractivity contribution in [3.8, 4) is 11.5 Å². The smallest absolute Gasteiger partial charge is 0.269 e. The molecule has 1 aliphatic heterocycles. The van der Waals surface area contributed by atoms with Crippen LogP contribution in [0.1, 0.15) is 31.4 Å². The first-order chi connectivity index (χ1) is 14.6. The van der Waals surface area contributed by atoms with Crippen molar-refractivity contribution < 1.29 is 19.1 Å². The summed E-state index contributed by atoms with van der Waals surface area (Å²) in [5.41, 5.74) is 6.71. The Morgan fingerprint density at radius 3 is 2.37 bits per heavy atom. The number of benzene rings is 2. The van der Waals surface area contributed by atoms with E-state index in [1.54, 1.807) is 53.4 Å². The van der Waals surface area contributed by atoms with Gasteiger partial charge in [0.15, 0.2) is 11.5 Å². The number of aromatic nitrogens is 1. The molecule has 7 nitrogen and oxygen atoms in total. The van der Waals surface area contributed by atoms with Gasteiger partial charge in [0, 0.05) is 27.2 Å². The molecule has 154 valence electrons. The Morgan fingerprint density at radius 2 is 1.67 bits per heavy atom. The molecule has 1 aromatic heterocycles. The number of hydrogen-bond donors (Lipinski definition) is 2. The summed E-state index contributed by atoms with van der Waals surface area (Å²) in [7, 11) is 0. The van der Waals surface area contributed by atoms with Gasteiger partial charge in [-0.3, -0.25) is 20.4 Å². The average Bonchev–Trinajstić information content (AvgIpc) is 3.21. The number of thioether (sulfide) groups is 1. The van der Waals surface area contributed by atoms with Gasteiger partial charge in [-0.2, -0.15) is 0 Å². The van der Waals surface area contributed by atoms with Crippen molar-refractivity contribution in [1.29, 1.82) is 0 Å². The summed E-state index contributed by atoms with van der Waals surface area (Å²) in [6.07, 6.45) is 0. The van der Waals surface area contributed by atoms with Gasteiger partial charge in [-0.1, -0.05) is 0 Å². The maximum Gasteiger partial charge on any atom is 0.269 e. The maximum absolute atomic E-state index is 12.3. The van der Waals surface area contributed by atoms with Crippen LogP contribution in [0, 0.1) is 6.92 Å². The van der Waals surface area contributed by atoms with Crippen molar-refractivity contribution in [2.45, 2.75) is 17.6 Å². The topological polar surface area (TPSA) is 89.6 Å². The van der Waals surface area contributed by atoms with Gasteiger partial charge in [-0.05, 0) is 49.4 Å². The molecule has 0 atom stereocenters. The van der Waals surface area contributed by atoms with Crippen LogP contribution in [-0.2, 0) is 5.75 Å². The summed E-state index contributed by atoms with van der Waals surface area (Å²) in [6.45, 7) is 2.90. The van der Waals surface area contributed by atoms with Crippen molar-refractivity contribution in [2.75, 3.05) is 13.2 Å². The second kappa shape index (κ2) is 9.19. The molecule has 0 saturated heterocycles. The quantitative estimate of drug-likeness (QED) is 0.465. The number of nitrogens with one attached hydrogen (secondary N) is 2. The number of carbonyl (C=O) groups excluding carboxylic acids is 2. The van der Waals surface area contributed by atoms with E-state index in [4.69, 9.17) is 9.47 Å². The van der Waals surface area contributed by atoms with Crippen LogP contribution in [0.25, 0.3) is 0 Å². The number of carbonyl (C=O) groups is 2. The molecule has 9 heteroatoms. The molecule has 3 aromatic rings. The van der Waals surface area contributed by atoms with E-state index < -0.39 is 11.8 Å². The minimum absolute atomic E-state index is 0.364. The normalized spacial score (nSPS) is 12.3. The summed E-state index contributed by atoms with van der Waals surface area (Å²) in [6, 6.07) is 12.1. The van der Waals surface area contributed by atoms with E-state index >= 15 is 0 Å². The van der Waals surface area contributed by atoms with Crippen molar-refractivity contribution in [2.24, 2.45) is 0 Å². The highest BCUT2D eigenvalue weighted by atomic mass is 32.2. The van der Waals surface area contributed by atoms with E-state index in [-0.39, 0.29) is 0 Å². The van der Waals surface area contributed by atoms with Gasteiger partial charge in [0.2, 0.25) is 0 Å². The lowest BCUT2D eigenvalue weighted by atomic mass is 10.2. The zero-order valence-corrected chi connectivity index (χ0v) is 17.8. The van der Waals surface area contributed by atoms with Gasteiger partial charge in [0.25, 0.3) is 11.8 Å². The van der Waals surface area contributed by atoms with Crippen molar-refractivity contribution in [1.82, 2.24) is 15.8 Å². The number of aryl methyl sites for hydroxylation is 1. The van der Waals surface area contributed by atoms with Gasteiger partial charge >= 0.3 is 0 Å². The lowest BCUT2D eigenvalue weighted by Gasteiger charge is -2.18. The second-order valence-electron chi connectivity index (χ2n) is 6.44. The molecule has 0 fully saturated rings. The van der Waals surface area contributed by atoms with Crippen LogP contribution in [0.4, 0.5) is 0 Å². The molecular formula is C21H19N3O4S2.